The van der Waals surface area contributed by atoms with Gasteiger partial charge < -0.3 is 9.13 Å². The van der Waals surface area contributed by atoms with E-state index in [1.165, 1.54) is 0 Å². The Balaban J connectivity index is 1.40. The number of nitrogens with zero attached hydrogens (tertiary/aromatic N) is 4. The topological polar surface area (TPSA) is 57.4 Å². The quantitative estimate of drug-likeness (QED) is 0.162. The van der Waals surface area contributed by atoms with Crippen LogP contribution in [0.2, 0.25) is 0 Å². The normalized spacial score (nSPS) is 13.4. The summed E-state index contributed by atoms with van der Waals surface area (Å²) >= 11 is 0. The fourth-order valence-corrected chi connectivity index (χ4v) is 12.6. The molecule has 13 aromatic rings. The van der Waals surface area contributed by atoms with Crippen molar-refractivity contribution in [2.45, 2.75) is 26.2 Å². The molecule has 0 radical (unpaired) electrons. The average Bonchev–Trinajstić information content (AvgIpc) is 1.99. The largest absolute Gasteiger partial charge is 0.310 e. The summed E-state index contributed by atoms with van der Waals surface area (Å²) in [5.74, 6) is 0. The number of para-hydroxylation sites is 2. The molecule has 2 aliphatic heterocycles. The number of aromatic nitrogens is 2. The second kappa shape index (κ2) is 16.8. The molecule has 0 atom stereocenters. The summed E-state index contributed by atoms with van der Waals surface area (Å²) in [5, 5.41) is 31.7. The van der Waals surface area contributed by atoms with E-state index in [0.29, 0.717) is 66.0 Å². The molecule has 11 aromatic carbocycles. The maximum absolute atomic E-state index is 11.5. The molecule has 0 fully saturated rings. The molecule has 4 nitrogen and oxygen atoms in total. The molecule has 5 heteroatoms. The van der Waals surface area contributed by atoms with Gasteiger partial charge in [-0.05, 0) is 118 Å². The highest BCUT2D eigenvalue weighted by atomic mass is 15.0. The van der Waals surface area contributed by atoms with Gasteiger partial charge in [0.1, 0.15) is 0 Å². The predicted molar refractivity (Wildman–Crippen MR) is 324 cm³/mol. The minimum Gasteiger partial charge on any atom is -0.310 e. The molecule has 0 spiro atoms. The predicted octanol–water partition coefficient (Wildman–Crippen LogP) is 16.3. The molecule has 2 aromatic heterocycles. The van der Waals surface area contributed by atoms with Gasteiger partial charge in [-0.15, -0.1) is 0 Å². The lowest BCUT2D eigenvalue weighted by Gasteiger charge is -2.38. The number of rotatable bonds is 2. The van der Waals surface area contributed by atoms with Crippen LogP contribution in [0.3, 0.4) is 0 Å². The summed E-state index contributed by atoms with van der Waals surface area (Å²) in [6, 6.07) is 68.6. The van der Waals surface area contributed by atoms with E-state index in [4.69, 9.17) is 0 Å². The summed E-state index contributed by atoms with van der Waals surface area (Å²) < 4.78 is 68.8. The van der Waals surface area contributed by atoms with Gasteiger partial charge in [0, 0.05) is 55.1 Å². The number of hydrogen-bond acceptors (Lipinski definition) is 2. The zero-order chi connectivity index (χ0) is 56.9. The van der Waals surface area contributed by atoms with Crippen LogP contribution in [-0.2, 0) is 5.41 Å². The van der Waals surface area contributed by atoms with Crippen LogP contribution in [0.5, 0.6) is 0 Å². The van der Waals surface area contributed by atoms with Crippen LogP contribution in [0.4, 0.5) is 0 Å². The van der Waals surface area contributed by atoms with Gasteiger partial charge in [-0.25, -0.2) is 0 Å². The minimum absolute atomic E-state index is 0.0456. The first kappa shape index (κ1) is 38.6. The Morgan fingerprint density at radius 2 is 0.688 bits per heavy atom. The number of nitriles is 2. The van der Waals surface area contributed by atoms with E-state index in [-0.39, 0.29) is 58.3 Å². The molecular formula is C72H47BN4. The molecule has 0 bridgehead atoms. The summed E-state index contributed by atoms with van der Waals surface area (Å²) in [7, 11) is 0. The second-order valence-corrected chi connectivity index (χ2v) is 21.2. The van der Waals surface area contributed by atoms with Gasteiger partial charge in [-0.1, -0.05) is 215 Å². The van der Waals surface area contributed by atoms with Gasteiger partial charge in [0.2, 0.25) is 0 Å². The van der Waals surface area contributed by atoms with Gasteiger partial charge >= 0.3 is 0 Å². The van der Waals surface area contributed by atoms with Crippen molar-refractivity contribution in [3.05, 3.63) is 247 Å². The van der Waals surface area contributed by atoms with Crippen molar-refractivity contribution in [1.29, 1.82) is 10.5 Å². The van der Waals surface area contributed by atoms with Crippen LogP contribution in [0.15, 0.2) is 230 Å². The zero-order valence-corrected chi connectivity index (χ0v) is 42.3. The Kier molecular flexibility index (Phi) is 8.42. The van der Waals surface area contributed by atoms with Crippen LogP contribution >= 0.6 is 0 Å². The van der Waals surface area contributed by atoms with Crippen LogP contribution in [0, 0.1) is 22.7 Å². The molecule has 0 saturated heterocycles. The van der Waals surface area contributed by atoms with Crippen LogP contribution in [-0.4, -0.2) is 15.8 Å². The third-order valence-electron chi connectivity index (χ3n) is 15.8. The number of hydrogen-bond donors (Lipinski definition) is 0. The first-order chi connectivity index (χ1) is 40.3. The van der Waals surface area contributed by atoms with E-state index < -0.39 is 12.1 Å². The summed E-state index contributed by atoms with van der Waals surface area (Å²) in [4.78, 5) is 0. The van der Waals surface area contributed by atoms with E-state index in [0.717, 1.165) is 65.3 Å². The highest BCUT2D eigenvalue weighted by Crippen LogP contribution is 2.44. The smallest absolute Gasteiger partial charge is 0.252 e. The van der Waals surface area contributed by atoms with Gasteiger partial charge in [0.25, 0.3) is 6.71 Å². The number of benzene rings is 11. The SMILES string of the molecule is [2H]c1c2c3c(c([2H])c1C(C)(C)C)-n1c4c(-c5ccccc5)cccc4c4ccccc4c4ccccc4c4c([2H])c(C#N)c([2H])c(c41)B3c1c([2H])c(C#N)c([2H])c3c4ccccc4c4ccccc4c4cccc(-c5ccccc5)c4n-2c13. The Hall–Kier alpha value is -9.94. The van der Waals surface area contributed by atoms with E-state index in [1.807, 2.05) is 142 Å². The van der Waals surface area contributed by atoms with Crippen molar-refractivity contribution in [1.82, 2.24) is 9.13 Å². The molecular weight excluding hydrogens is 932 g/mol. The standard InChI is InChI=1S/C72H47BN4/c1-72(2,3)48-40-65-67-66(41-48)77-69-50(47-22-8-5-9-23-47)33-19-35-60(69)56-29-15-11-25-52(56)54-27-13-17-31-58(54)62-37-45(43-75)39-64(71(62)77)73(67)63-38-44(42-74)36-61-57-30-16-12-26-53(57)51-24-10-14-28-55(51)59-34-18-32-49(46-20-6-4-7-21-46)68(59)76(65)70(61)63/h4-41H,1-3H3/i36D,37D,38D,39D,40D,41D. The second-order valence-electron chi connectivity index (χ2n) is 21.2. The molecule has 0 N–H and O–H groups in total. The Morgan fingerprint density at radius 3 is 1.04 bits per heavy atom. The Labute approximate surface area is 454 Å². The van der Waals surface area contributed by atoms with Crippen molar-refractivity contribution in [2.75, 3.05) is 0 Å². The molecule has 15 rings (SSSR count). The van der Waals surface area contributed by atoms with Crippen molar-refractivity contribution in [3.8, 4) is 45.8 Å². The molecule has 0 aliphatic carbocycles. The van der Waals surface area contributed by atoms with E-state index in [1.54, 1.807) is 0 Å². The van der Waals surface area contributed by atoms with Gasteiger partial charge in [0.15, 0.2) is 0 Å². The van der Waals surface area contributed by atoms with Gasteiger partial charge in [-0.3, -0.25) is 0 Å². The van der Waals surface area contributed by atoms with Crippen LogP contribution < -0.4 is 16.4 Å². The summed E-state index contributed by atoms with van der Waals surface area (Å²) in [6.07, 6.45) is 0. The van der Waals surface area contributed by atoms with E-state index in [2.05, 4.69) is 94.1 Å². The highest BCUT2D eigenvalue weighted by molar-refractivity contribution is 7.00. The highest BCUT2D eigenvalue weighted by Gasteiger charge is 2.41. The van der Waals surface area contributed by atoms with Crippen molar-refractivity contribution >= 4 is 110 Å². The van der Waals surface area contributed by atoms with Gasteiger partial charge in [0.05, 0.1) is 42.5 Å². The Morgan fingerprint density at radius 1 is 0.364 bits per heavy atom. The fraction of sp³-hybridized carbons (Fsp3) is 0.0556. The molecule has 4 heterocycles. The third kappa shape index (κ3) is 6.51. The molecule has 0 amide bonds. The van der Waals surface area contributed by atoms with E-state index >= 15 is 0 Å². The van der Waals surface area contributed by atoms with Crippen molar-refractivity contribution < 1.29 is 8.22 Å². The average molecular weight is 985 g/mol. The maximum Gasteiger partial charge on any atom is 0.252 e. The molecule has 358 valence electrons. The van der Waals surface area contributed by atoms with Crippen LogP contribution in [0.25, 0.3) is 120 Å². The summed E-state index contributed by atoms with van der Waals surface area (Å²) in [5.41, 5.74) is 6.33. The van der Waals surface area contributed by atoms with Crippen molar-refractivity contribution in [3.63, 3.8) is 0 Å². The molecule has 77 heavy (non-hydrogen) atoms. The van der Waals surface area contributed by atoms with Crippen LogP contribution in [0.1, 0.15) is 45.7 Å². The Bertz CT molecular complexity index is 5030. The molecule has 0 unspecified atom stereocenters. The molecule has 2 aliphatic rings. The van der Waals surface area contributed by atoms with E-state index in [9.17, 15) is 18.7 Å². The minimum atomic E-state index is -1.23. The first-order valence-electron chi connectivity index (χ1n) is 29.0. The lowest BCUT2D eigenvalue weighted by Crippen LogP contribution is -2.60. The molecule has 0 saturated carbocycles. The third-order valence-corrected chi connectivity index (χ3v) is 15.8. The first-order valence-corrected chi connectivity index (χ1v) is 26.0. The monoisotopic (exact) mass is 984 g/mol. The number of fused-ring (bicyclic) bond motifs is 18. The van der Waals surface area contributed by atoms with Crippen molar-refractivity contribution in [2.24, 2.45) is 0 Å². The zero-order valence-electron chi connectivity index (χ0n) is 48.3. The van der Waals surface area contributed by atoms with Gasteiger partial charge in [-0.2, -0.15) is 10.5 Å². The maximum atomic E-state index is 11.5. The summed E-state index contributed by atoms with van der Waals surface area (Å²) in [6.45, 7) is 4.83. The fourth-order valence-electron chi connectivity index (χ4n) is 12.6. The lowest BCUT2D eigenvalue weighted by molar-refractivity contribution is 0.589. The lowest BCUT2D eigenvalue weighted by atomic mass is 9.33.